The van der Waals surface area contributed by atoms with Crippen LogP contribution in [0, 0.1) is 0 Å². The highest BCUT2D eigenvalue weighted by atomic mass is 16.6. The van der Waals surface area contributed by atoms with E-state index < -0.39 is 11.7 Å². The van der Waals surface area contributed by atoms with Gasteiger partial charge in [-0.1, -0.05) is 10.3 Å². The molecule has 0 aliphatic rings. The van der Waals surface area contributed by atoms with Crippen molar-refractivity contribution in [2.75, 3.05) is 6.54 Å². The summed E-state index contributed by atoms with van der Waals surface area (Å²) in [6, 6.07) is 0. The van der Waals surface area contributed by atoms with Gasteiger partial charge in [0, 0.05) is 17.7 Å². The first kappa shape index (κ1) is 14.8. The van der Waals surface area contributed by atoms with E-state index in [1.165, 1.54) is 0 Å². The van der Waals surface area contributed by atoms with Crippen molar-refractivity contribution in [2.45, 2.75) is 39.5 Å². The van der Waals surface area contributed by atoms with Gasteiger partial charge in [0.2, 0.25) is 0 Å². The van der Waals surface area contributed by atoms with Gasteiger partial charge < -0.3 is 10.1 Å². The number of azide groups is 1. The van der Waals surface area contributed by atoms with Crippen LogP contribution in [0.3, 0.4) is 0 Å². The monoisotopic (exact) mass is 267 g/mol. The molecule has 0 saturated heterocycles. The Hall–Kier alpha value is -2.28. The molecule has 0 bridgehead atoms. The summed E-state index contributed by atoms with van der Waals surface area (Å²) in [6.45, 7) is 6.39. The van der Waals surface area contributed by atoms with Crippen LogP contribution in [-0.2, 0) is 17.8 Å². The maximum absolute atomic E-state index is 11.4. The van der Waals surface area contributed by atoms with Crippen molar-refractivity contribution >= 4 is 6.09 Å². The third-order valence-electron chi connectivity index (χ3n) is 1.89. The molecule has 0 spiro atoms. The topological polar surface area (TPSA) is 118 Å². The first-order valence-corrected chi connectivity index (χ1v) is 5.77. The van der Waals surface area contributed by atoms with Crippen LogP contribution in [0.15, 0.2) is 11.3 Å². The summed E-state index contributed by atoms with van der Waals surface area (Å²) in [5, 5.41) is 13.6. The molecule has 0 unspecified atom stereocenters. The van der Waals surface area contributed by atoms with Gasteiger partial charge in [-0.2, -0.15) is 0 Å². The number of carbonyl (C=O) groups excluding carboxylic acids is 1. The fraction of sp³-hybridized carbons (Fsp3) is 0.700. The second-order valence-electron chi connectivity index (χ2n) is 4.79. The average molecular weight is 267 g/mol. The molecular formula is C10H17N7O2. The Kier molecular flexibility index (Phi) is 5.13. The van der Waals surface area contributed by atoms with E-state index in [1.54, 1.807) is 31.6 Å². The summed E-state index contributed by atoms with van der Waals surface area (Å²) in [5.74, 6) is 0. The molecule has 0 aliphatic carbocycles. The highest BCUT2D eigenvalue weighted by Gasteiger charge is 2.15. The quantitative estimate of drug-likeness (QED) is 0.495. The zero-order valence-corrected chi connectivity index (χ0v) is 11.2. The Bertz CT molecular complexity index is 470. The van der Waals surface area contributed by atoms with Crippen molar-refractivity contribution in [3.63, 3.8) is 0 Å². The van der Waals surface area contributed by atoms with Gasteiger partial charge in [0.05, 0.1) is 18.8 Å². The van der Waals surface area contributed by atoms with Crippen LogP contribution in [0.1, 0.15) is 26.5 Å². The molecule has 1 aromatic heterocycles. The predicted molar refractivity (Wildman–Crippen MR) is 67.1 cm³/mol. The van der Waals surface area contributed by atoms with Gasteiger partial charge in [-0.25, -0.2) is 4.79 Å². The minimum Gasteiger partial charge on any atom is -0.444 e. The zero-order chi connectivity index (χ0) is 14.3. The Morgan fingerprint density at radius 3 is 3.00 bits per heavy atom. The zero-order valence-electron chi connectivity index (χ0n) is 11.2. The number of nitrogens with one attached hydrogen (secondary N) is 1. The summed E-state index contributed by atoms with van der Waals surface area (Å²) in [4.78, 5) is 14.0. The number of ether oxygens (including phenoxy) is 1. The smallest absolute Gasteiger partial charge is 0.407 e. The van der Waals surface area contributed by atoms with E-state index in [2.05, 4.69) is 25.7 Å². The molecule has 1 rings (SSSR count). The maximum atomic E-state index is 11.4. The number of alkyl carbamates (subject to hydrolysis) is 1. The highest BCUT2D eigenvalue weighted by Crippen LogP contribution is 2.06. The Balaban J connectivity index is 2.31. The third kappa shape index (κ3) is 6.27. The normalized spacial score (nSPS) is 10.7. The van der Waals surface area contributed by atoms with Crippen molar-refractivity contribution in [3.8, 4) is 0 Å². The number of carbonyl (C=O) groups is 1. The molecule has 0 atom stereocenters. The molecule has 1 aromatic rings. The first-order chi connectivity index (χ1) is 8.90. The first-order valence-electron chi connectivity index (χ1n) is 5.77. The summed E-state index contributed by atoms with van der Waals surface area (Å²) < 4.78 is 6.64. The second kappa shape index (κ2) is 6.60. The van der Waals surface area contributed by atoms with Crippen molar-refractivity contribution in [1.82, 2.24) is 20.3 Å². The van der Waals surface area contributed by atoms with E-state index in [4.69, 9.17) is 10.3 Å². The summed E-state index contributed by atoms with van der Waals surface area (Å²) in [5.41, 5.74) is 8.24. The van der Waals surface area contributed by atoms with Gasteiger partial charge in [0.15, 0.2) is 0 Å². The molecular weight excluding hydrogens is 250 g/mol. The number of hydrogen-bond acceptors (Lipinski definition) is 5. The van der Waals surface area contributed by atoms with Gasteiger partial charge in [-0.05, 0) is 26.3 Å². The maximum Gasteiger partial charge on any atom is 0.407 e. The van der Waals surface area contributed by atoms with Crippen LogP contribution in [0.5, 0.6) is 0 Å². The van der Waals surface area contributed by atoms with Gasteiger partial charge in [0.1, 0.15) is 5.60 Å². The molecule has 19 heavy (non-hydrogen) atoms. The molecule has 0 radical (unpaired) electrons. The number of amides is 1. The van der Waals surface area contributed by atoms with E-state index >= 15 is 0 Å². The number of nitrogens with zero attached hydrogens (tertiary/aromatic N) is 6. The molecule has 9 nitrogen and oxygen atoms in total. The molecule has 0 saturated carbocycles. The molecule has 1 N–H and O–H groups in total. The fourth-order valence-electron chi connectivity index (χ4n) is 1.21. The van der Waals surface area contributed by atoms with E-state index in [-0.39, 0.29) is 6.54 Å². The van der Waals surface area contributed by atoms with Gasteiger partial charge in [-0.3, -0.25) is 4.68 Å². The summed E-state index contributed by atoms with van der Waals surface area (Å²) >= 11 is 0. The SMILES string of the molecule is CC(C)(C)OC(=O)NCCn1cc(CN=[N+]=[N-])nn1. The van der Waals surface area contributed by atoms with Crippen LogP contribution in [-0.4, -0.2) is 33.2 Å². The van der Waals surface area contributed by atoms with E-state index in [9.17, 15) is 4.79 Å². The Labute approximate surface area is 110 Å². The number of hydrogen-bond donors (Lipinski definition) is 1. The molecule has 9 heteroatoms. The van der Waals surface area contributed by atoms with Crippen molar-refractivity contribution in [2.24, 2.45) is 5.11 Å². The van der Waals surface area contributed by atoms with E-state index in [0.717, 1.165) is 0 Å². The van der Waals surface area contributed by atoms with Crippen molar-refractivity contribution < 1.29 is 9.53 Å². The van der Waals surface area contributed by atoms with Gasteiger partial charge in [0.25, 0.3) is 0 Å². The fourth-order valence-corrected chi connectivity index (χ4v) is 1.21. The number of rotatable bonds is 5. The van der Waals surface area contributed by atoms with E-state index in [0.29, 0.717) is 18.8 Å². The molecule has 104 valence electrons. The van der Waals surface area contributed by atoms with Crippen LogP contribution < -0.4 is 5.32 Å². The average Bonchev–Trinajstić information content (AvgIpc) is 2.72. The third-order valence-corrected chi connectivity index (χ3v) is 1.89. The summed E-state index contributed by atoms with van der Waals surface area (Å²) in [6.07, 6.45) is 1.19. The molecule has 0 aromatic carbocycles. The molecule has 0 fully saturated rings. The largest absolute Gasteiger partial charge is 0.444 e. The summed E-state index contributed by atoms with van der Waals surface area (Å²) in [7, 11) is 0. The predicted octanol–water partition coefficient (Wildman–Crippen LogP) is 1.61. The minimum atomic E-state index is -0.514. The van der Waals surface area contributed by atoms with Crippen molar-refractivity contribution in [1.29, 1.82) is 0 Å². The van der Waals surface area contributed by atoms with Crippen LogP contribution >= 0.6 is 0 Å². The van der Waals surface area contributed by atoms with Gasteiger partial charge >= 0.3 is 6.09 Å². The lowest BCUT2D eigenvalue weighted by Crippen LogP contribution is -2.34. The Morgan fingerprint density at radius 2 is 2.37 bits per heavy atom. The number of aromatic nitrogens is 3. The lowest BCUT2D eigenvalue weighted by atomic mass is 10.2. The van der Waals surface area contributed by atoms with Crippen LogP contribution in [0.25, 0.3) is 10.4 Å². The van der Waals surface area contributed by atoms with Gasteiger partial charge in [-0.15, -0.1) is 5.10 Å². The molecule has 1 heterocycles. The lowest BCUT2D eigenvalue weighted by molar-refractivity contribution is 0.0525. The lowest BCUT2D eigenvalue weighted by Gasteiger charge is -2.19. The molecule has 0 aliphatic heterocycles. The van der Waals surface area contributed by atoms with Crippen molar-refractivity contribution in [3.05, 3.63) is 22.3 Å². The highest BCUT2D eigenvalue weighted by molar-refractivity contribution is 5.67. The van der Waals surface area contributed by atoms with E-state index in [1.807, 2.05) is 0 Å². The standard InChI is InChI=1S/C10H17N7O2/c1-10(2,3)19-9(18)12-4-5-17-7-8(14-16-17)6-13-15-11/h7H,4-6H2,1-3H3,(H,12,18). The molecule has 1 amide bonds. The second-order valence-corrected chi connectivity index (χ2v) is 4.79. The van der Waals surface area contributed by atoms with Crippen LogP contribution in [0.2, 0.25) is 0 Å². The minimum absolute atomic E-state index is 0.163. The van der Waals surface area contributed by atoms with Crippen LogP contribution in [0.4, 0.5) is 4.79 Å². The Morgan fingerprint density at radius 1 is 1.63 bits per heavy atom.